The van der Waals surface area contributed by atoms with E-state index in [1.54, 1.807) is 6.92 Å². The van der Waals surface area contributed by atoms with Gasteiger partial charge in [-0.05, 0) is 19.8 Å². The van der Waals surface area contributed by atoms with Gasteiger partial charge in [-0.1, -0.05) is 12.8 Å². The average molecular weight is 400 g/mol. The highest BCUT2D eigenvalue weighted by Crippen LogP contribution is 2.36. The summed E-state index contributed by atoms with van der Waals surface area (Å²) in [5, 5.41) is 2.74. The minimum Gasteiger partial charge on any atom is -0.462 e. The van der Waals surface area contributed by atoms with Gasteiger partial charge in [-0.2, -0.15) is 26.7 Å². The van der Waals surface area contributed by atoms with Gasteiger partial charge < -0.3 is 9.47 Å². The Morgan fingerprint density at radius 1 is 1.31 bits per heavy atom. The molecule has 2 rings (SSSR count). The fourth-order valence-electron chi connectivity index (χ4n) is 2.75. The van der Waals surface area contributed by atoms with Gasteiger partial charge in [-0.15, -0.1) is 4.41 Å². The average Bonchev–Trinajstić information content (AvgIpc) is 3.30. The Morgan fingerprint density at radius 3 is 2.31 bits per heavy atom. The van der Waals surface area contributed by atoms with Crippen LogP contribution in [0.5, 0.6) is 0 Å². The molecular formula is C14H19F3N2O6S. The molecule has 8 nitrogen and oxygen atoms in total. The molecule has 26 heavy (non-hydrogen) atoms. The number of carbonyl (C=O) groups is 2. The van der Waals surface area contributed by atoms with Crippen LogP contribution in [0.15, 0.2) is 5.10 Å². The van der Waals surface area contributed by atoms with Gasteiger partial charge in [0.05, 0.1) is 18.4 Å². The fraction of sp³-hybridized carbons (Fsp3) is 0.786. The van der Waals surface area contributed by atoms with Crippen LogP contribution in [-0.2, 0) is 29.1 Å². The minimum absolute atomic E-state index is 0.0474. The molecule has 3 unspecified atom stereocenters. The van der Waals surface area contributed by atoms with Gasteiger partial charge in [0.15, 0.2) is 0 Å². The molecule has 1 heterocycles. The Kier molecular flexibility index (Phi) is 5.66. The highest BCUT2D eigenvalue weighted by Gasteiger charge is 2.54. The topological polar surface area (TPSA) is 106 Å². The number of sulfonamides is 1. The number of hydrogen-bond donors (Lipinski definition) is 0. The number of halogens is 3. The molecule has 12 heteroatoms. The van der Waals surface area contributed by atoms with E-state index in [0.29, 0.717) is 19.4 Å². The highest BCUT2D eigenvalue weighted by molar-refractivity contribution is 7.90. The standard InChI is InChI=1S/C14H19F3N2O6S/c1-13(8-25-13)7-24-12(21)10-6-4-3-5-9(10)11(20)19(18-2)26(22,23)14(15,16)17/h9-10H,2-8H2,1H3. The van der Waals surface area contributed by atoms with E-state index >= 15 is 0 Å². The summed E-state index contributed by atoms with van der Waals surface area (Å²) in [5.74, 6) is -4.54. The summed E-state index contributed by atoms with van der Waals surface area (Å²) in [7, 11) is -6.03. The van der Waals surface area contributed by atoms with Gasteiger partial charge in [0.1, 0.15) is 12.2 Å². The number of amides is 1. The van der Waals surface area contributed by atoms with Crippen LogP contribution in [0.25, 0.3) is 0 Å². The van der Waals surface area contributed by atoms with Gasteiger partial charge in [0.25, 0.3) is 5.91 Å². The van der Waals surface area contributed by atoms with Crippen LogP contribution in [-0.4, -0.2) is 55.7 Å². The van der Waals surface area contributed by atoms with Crippen molar-refractivity contribution in [1.82, 2.24) is 4.41 Å². The third-order valence-electron chi connectivity index (χ3n) is 4.38. The molecule has 0 aromatic rings. The Labute approximate surface area is 148 Å². The van der Waals surface area contributed by atoms with Crippen molar-refractivity contribution in [2.45, 2.75) is 43.7 Å². The van der Waals surface area contributed by atoms with Gasteiger partial charge >= 0.3 is 21.5 Å². The second-order valence-corrected chi connectivity index (χ2v) is 8.28. The second kappa shape index (κ2) is 7.14. The van der Waals surface area contributed by atoms with Crippen LogP contribution in [0.2, 0.25) is 0 Å². The normalized spacial score (nSPS) is 28.9. The molecular weight excluding hydrogens is 381 g/mol. The van der Waals surface area contributed by atoms with E-state index in [1.807, 2.05) is 0 Å². The lowest BCUT2D eigenvalue weighted by Crippen LogP contribution is -2.47. The monoisotopic (exact) mass is 400 g/mol. The zero-order valence-corrected chi connectivity index (χ0v) is 14.8. The van der Waals surface area contributed by atoms with Crippen molar-refractivity contribution in [3.8, 4) is 0 Å². The van der Waals surface area contributed by atoms with Crippen molar-refractivity contribution >= 4 is 28.6 Å². The third-order valence-corrected chi connectivity index (χ3v) is 5.72. The van der Waals surface area contributed by atoms with Crippen molar-refractivity contribution < 1.29 is 40.7 Å². The Balaban J connectivity index is 2.17. The number of hydrogen-bond acceptors (Lipinski definition) is 7. The number of nitrogens with zero attached hydrogens (tertiary/aromatic N) is 2. The van der Waals surface area contributed by atoms with Crippen molar-refractivity contribution in [3.63, 3.8) is 0 Å². The lowest BCUT2D eigenvalue weighted by atomic mass is 9.79. The molecule has 0 aromatic carbocycles. The molecule has 148 valence electrons. The minimum atomic E-state index is -6.03. The molecule has 0 aromatic heterocycles. The molecule has 1 saturated heterocycles. The second-order valence-electron chi connectivity index (χ2n) is 6.52. The van der Waals surface area contributed by atoms with E-state index in [-0.39, 0.29) is 19.4 Å². The smallest absolute Gasteiger partial charge is 0.462 e. The summed E-state index contributed by atoms with van der Waals surface area (Å²) in [6, 6.07) is 0. The molecule has 1 saturated carbocycles. The molecule has 0 bridgehead atoms. The lowest BCUT2D eigenvalue weighted by Gasteiger charge is -2.31. The molecule has 0 radical (unpaired) electrons. The van der Waals surface area contributed by atoms with E-state index in [4.69, 9.17) is 9.47 Å². The van der Waals surface area contributed by atoms with Crippen LogP contribution < -0.4 is 0 Å². The molecule has 1 aliphatic heterocycles. The Hall–Kier alpha value is -1.69. The third kappa shape index (κ3) is 4.17. The Bertz CT molecular complexity index is 689. The molecule has 1 amide bonds. The van der Waals surface area contributed by atoms with Crippen molar-refractivity contribution in [1.29, 1.82) is 0 Å². The molecule has 0 N–H and O–H groups in total. The van der Waals surface area contributed by atoms with E-state index in [1.165, 1.54) is 0 Å². The number of rotatable bonds is 6. The van der Waals surface area contributed by atoms with Crippen LogP contribution in [0.1, 0.15) is 32.6 Å². The number of hydrazone groups is 1. The molecule has 3 atom stereocenters. The summed E-state index contributed by atoms with van der Waals surface area (Å²) in [6.07, 6.45) is 1.26. The summed E-state index contributed by atoms with van der Waals surface area (Å²) in [5.41, 5.74) is -6.30. The van der Waals surface area contributed by atoms with Gasteiger partial charge in [0, 0.05) is 6.72 Å². The SMILES string of the molecule is C=NN(C(=O)C1CCCCC1C(=O)OCC1(C)CO1)S(=O)(=O)C(F)(F)F. The highest BCUT2D eigenvalue weighted by atomic mass is 32.2. The molecule has 2 aliphatic rings. The summed E-state index contributed by atoms with van der Waals surface area (Å²) in [4.78, 5) is 24.7. The van der Waals surface area contributed by atoms with Crippen LogP contribution in [0, 0.1) is 11.8 Å². The molecule has 1 aliphatic carbocycles. The van der Waals surface area contributed by atoms with Crippen molar-refractivity contribution in [2.24, 2.45) is 16.9 Å². The number of ether oxygens (including phenoxy) is 2. The predicted molar refractivity (Wildman–Crippen MR) is 82.1 cm³/mol. The summed E-state index contributed by atoms with van der Waals surface area (Å²) in [6.45, 7) is 4.82. The first kappa shape index (κ1) is 20.6. The number of epoxide rings is 1. The fourth-order valence-corrected chi connectivity index (χ4v) is 3.47. The first-order valence-electron chi connectivity index (χ1n) is 7.85. The maximum Gasteiger partial charge on any atom is 0.518 e. The first-order chi connectivity index (χ1) is 11.9. The van der Waals surface area contributed by atoms with Crippen LogP contribution in [0.3, 0.4) is 0 Å². The van der Waals surface area contributed by atoms with E-state index in [0.717, 1.165) is 0 Å². The number of alkyl halides is 3. The van der Waals surface area contributed by atoms with Gasteiger partial charge in [-0.25, -0.2) is 0 Å². The van der Waals surface area contributed by atoms with E-state index in [2.05, 4.69) is 11.8 Å². The maximum atomic E-state index is 12.7. The van der Waals surface area contributed by atoms with E-state index < -0.39 is 49.3 Å². The first-order valence-corrected chi connectivity index (χ1v) is 9.30. The largest absolute Gasteiger partial charge is 0.518 e. The quantitative estimate of drug-likeness (QED) is 0.289. The summed E-state index contributed by atoms with van der Waals surface area (Å²) >= 11 is 0. The lowest BCUT2D eigenvalue weighted by molar-refractivity contribution is -0.157. The Morgan fingerprint density at radius 2 is 1.85 bits per heavy atom. The van der Waals surface area contributed by atoms with Crippen LogP contribution >= 0.6 is 0 Å². The molecule has 0 spiro atoms. The zero-order valence-electron chi connectivity index (χ0n) is 14.0. The summed E-state index contributed by atoms with van der Waals surface area (Å²) < 4.78 is 70.8. The van der Waals surface area contributed by atoms with Crippen molar-refractivity contribution in [2.75, 3.05) is 13.2 Å². The van der Waals surface area contributed by atoms with Crippen molar-refractivity contribution in [3.05, 3.63) is 0 Å². The van der Waals surface area contributed by atoms with Gasteiger partial charge in [0.2, 0.25) is 0 Å². The molecule has 2 fully saturated rings. The maximum absolute atomic E-state index is 12.7. The number of esters is 1. The zero-order chi connectivity index (χ0) is 19.8. The number of carbonyl (C=O) groups excluding carboxylic acids is 2. The predicted octanol–water partition coefficient (Wildman–Crippen LogP) is 1.42. The van der Waals surface area contributed by atoms with Gasteiger partial charge in [-0.3, -0.25) is 9.59 Å². The van der Waals surface area contributed by atoms with E-state index in [9.17, 15) is 31.2 Å². The van der Waals surface area contributed by atoms with Crippen LogP contribution in [0.4, 0.5) is 13.2 Å².